The van der Waals surface area contributed by atoms with Gasteiger partial charge in [-0.25, -0.2) is 4.98 Å². The van der Waals surface area contributed by atoms with Crippen molar-refractivity contribution in [1.82, 2.24) is 15.5 Å². The highest BCUT2D eigenvalue weighted by Crippen LogP contribution is 2.41. The number of benzene rings is 1. The van der Waals surface area contributed by atoms with E-state index in [9.17, 15) is 4.79 Å². The fourth-order valence-corrected chi connectivity index (χ4v) is 5.70. The van der Waals surface area contributed by atoms with Crippen molar-refractivity contribution in [3.63, 3.8) is 0 Å². The number of carbonyl (C=O) groups excluding carboxylic acids is 1. The second-order valence-electron chi connectivity index (χ2n) is 9.06. The SMILES string of the molecule is Cc1ccc(-c2cc(C(=O)NCC3(c4ccc5c(c4)OCO5)CCOCC3)c3c(C)noc3n2)s1. The van der Waals surface area contributed by atoms with Crippen LogP contribution in [0, 0.1) is 13.8 Å². The van der Waals surface area contributed by atoms with Crippen molar-refractivity contribution in [1.29, 1.82) is 0 Å². The van der Waals surface area contributed by atoms with Gasteiger partial charge in [0.15, 0.2) is 11.5 Å². The first-order valence-corrected chi connectivity index (χ1v) is 12.4. The lowest BCUT2D eigenvalue weighted by Crippen LogP contribution is -2.44. The first-order chi connectivity index (χ1) is 17.0. The molecule has 0 spiro atoms. The number of amides is 1. The Bertz CT molecular complexity index is 1420. The Labute approximate surface area is 206 Å². The van der Waals surface area contributed by atoms with Gasteiger partial charge in [0.25, 0.3) is 11.6 Å². The number of aryl methyl sites for hydroxylation is 2. The Morgan fingerprint density at radius 3 is 2.71 bits per heavy atom. The third kappa shape index (κ3) is 3.94. The number of ether oxygens (including phenoxy) is 3. The van der Waals surface area contributed by atoms with Crippen LogP contribution in [-0.4, -0.2) is 42.6 Å². The van der Waals surface area contributed by atoms with Crippen LogP contribution in [0.25, 0.3) is 21.7 Å². The van der Waals surface area contributed by atoms with E-state index in [0.29, 0.717) is 47.8 Å². The van der Waals surface area contributed by atoms with E-state index in [1.165, 1.54) is 4.88 Å². The maximum absolute atomic E-state index is 13.6. The number of nitrogens with one attached hydrogen (secondary N) is 1. The molecule has 0 saturated carbocycles. The Kier molecular flexibility index (Phi) is 5.46. The molecule has 4 aromatic rings. The Hall–Kier alpha value is -3.43. The summed E-state index contributed by atoms with van der Waals surface area (Å²) in [4.78, 5) is 20.4. The van der Waals surface area contributed by atoms with Crippen LogP contribution in [0.1, 0.15) is 39.3 Å². The summed E-state index contributed by atoms with van der Waals surface area (Å²) in [5.74, 6) is 1.31. The highest BCUT2D eigenvalue weighted by atomic mass is 32.1. The van der Waals surface area contributed by atoms with Crippen molar-refractivity contribution in [2.24, 2.45) is 0 Å². The first kappa shape index (κ1) is 22.1. The van der Waals surface area contributed by atoms with Gasteiger partial charge in [0.1, 0.15) is 0 Å². The van der Waals surface area contributed by atoms with E-state index in [0.717, 1.165) is 34.8 Å². The van der Waals surface area contributed by atoms with Gasteiger partial charge in [-0.3, -0.25) is 4.79 Å². The minimum absolute atomic E-state index is 0.176. The molecule has 2 aliphatic heterocycles. The first-order valence-electron chi connectivity index (χ1n) is 11.6. The van der Waals surface area contributed by atoms with Gasteiger partial charge in [0.05, 0.1) is 27.2 Å². The molecule has 8 nitrogen and oxygen atoms in total. The molecule has 9 heteroatoms. The molecule has 0 unspecified atom stereocenters. The van der Waals surface area contributed by atoms with Crippen molar-refractivity contribution in [3.8, 4) is 22.1 Å². The zero-order valence-corrected chi connectivity index (χ0v) is 20.4. The summed E-state index contributed by atoms with van der Waals surface area (Å²) in [6.45, 7) is 5.84. The van der Waals surface area contributed by atoms with Crippen LogP contribution in [0.5, 0.6) is 11.5 Å². The van der Waals surface area contributed by atoms with Gasteiger partial charge in [-0.1, -0.05) is 11.2 Å². The minimum Gasteiger partial charge on any atom is -0.454 e. The number of rotatable bonds is 5. The second kappa shape index (κ2) is 8.66. The number of thiophene rings is 1. The summed E-state index contributed by atoms with van der Waals surface area (Å²) in [7, 11) is 0. The zero-order chi connectivity index (χ0) is 24.0. The summed E-state index contributed by atoms with van der Waals surface area (Å²) in [6, 6.07) is 11.9. The van der Waals surface area contributed by atoms with E-state index < -0.39 is 0 Å². The van der Waals surface area contributed by atoms with E-state index in [1.807, 2.05) is 44.2 Å². The number of pyridine rings is 1. The molecular weight excluding hydrogens is 466 g/mol. The van der Waals surface area contributed by atoms with Crippen molar-refractivity contribution >= 4 is 28.3 Å². The predicted octanol–water partition coefficient (Wildman–Crippen LogP) is 4.78. The number of aromatic nitrogens is 2. The summed E-state index contributed by atoms with van der Waals surface area (Å²) in [6.07, 6.45) is 1.59. The highest BCUT2D eigenvalue weighted by molar-refractivity contribution is 7.15. The number of fused-ring (bicyclic) bond motifs is 2. The minimum atomic E-state index is -0.265. The van der Waals surface area contributed by atoms with E-state index >= 15 is 0 Å². The summed E-state index contributed by atoms with van der Waals surface area (Å²) < 4.78 is 22.2. The Morgan fingerprint density at radius 2 is 1.91 bits per heavy atom. The molecule has 5 heterocycles. The van der Waals surface area contributed by atoms with Crippen LogP contribution in [0.15, 0.2) is 40.9 Å². The smallest absolute Gasteiger partial charge is 0.259 e. The maximum Gasteiger partial charge on any atom is 0.259 e. The lowest BCUT2D eigenvalue weighted by atomic mass is 9.74. The molecule has 1 saturated heterocycles. The molecule has 35 heavy (non-hydrogen) atoms. The molecule has 1 aromatic carbocycles. The quantitative estimate of drug-likeness (QED) is 0.429. The number of nitrogens with zero attached hydrogens (tertiary/aromatic N) is 2. The van der Waals surface area contributed by atoms with E-state index in [-0.39, 0.29) is 18.1 Å². The predicted molar refractivity (Wildman–Crippen MR) is 131 cm³/mol. The van der Waals surface area contributed by atoms with Crippen LogP contribution in [0.4, 0.5) is 0 Å². The molecule has 1 fully saturated rings. The number of hydrogen-bond donors (Lipinski definition) is 1. The highest BCUT2D eigenvalue weighted by Gasteiger charge is 2.36. The van der Waals surface area contributed by atoms with E-state index in [1.54, 1.807) is 11.3 Å². The maximum atomic E-state index is 13.6. The van der Waals surface area contributed by atoms with Crippen molar-refractivity contribution in [3.05, 3.63) is 58.1 Å². The molecule has 0 aliphatic carbocycles. The summed E-state index contributed by atoms with van der Waals surface area (Å²) in [5.41, 5.74) is 3.08. The fraction of sp³-hybridized carbons (Fsp3) is 0.346. The Balaban J connectivity index is 1.33. The molecule has 1 amide bonds. The van der Waals surface area contributed by atoms with Crippen molar-refractivity contribution in [2.75, 3.05) is 26.6 Å². The molecule has 2 aliphatic rings. The van der Waals surface area contributed by atoms with Crippen LogP contribution in [0.3, 0.4) is 0 Å². The second-order valence-corrected chi connectivity index (χ2v) is 10.3. The monoisotopic (exact) mass is 491 g/mol. The molecule has 3 aromatic heterocycles. The average molecular weight is 492 g/mol. The van der Waals surface area contributed by atoms with Crippen LogP contribution >= 0.6 is 11.3 Å². The average Bonchev–Trinajstić information content (AvgIpc) is 3.62. The molecule has 1 N–H and O–H groups in total. The third-order valence-electron chi connectivity index (χ3n) is 6.88. The molecule has 0 atom stereocenters. The largest absolute Gasteiger partial charge is 0.454 e. The lowest BCUT2D eigenvalue weighted by molar-refractivity contribution is 0.0486. The van der Waals surface area contributed by atoms with Crippen LogP contribution in [-0.2, 0) is 10.2 Å². The topological polar surface area (TPSA) is 95.7 Å². The third-order valence-corrected chi connectivity index (χ3v) is 7.90. The molecule has 0 radical (unpaired) electrons. The van der Waals surface area contributed by atoms with Crippen LogP contribution in [0.2, 0.25) is 0 Å². The van der Waals surface area contributed by atoms with Gasteiger partial charge >= 0.3 is 0 Å². The van der Waals surface area contributed by atoms with Crippen molar-refractivity contribution < 1.29 is 23.5 Å². The lowest BCUT2D eigenvalue weighted by Gasteiger charge is -2.38. The Morgan fingerprint density at radius 1 is 1.09 bits per heavy atom. The van der Waals surface area contributed by atoms with Gasteiger partial charge in [-0.2, -0.15) is 0 Å². The van der Waals surface area contributed by atoms with Crippen molar-refractivity contribution in [2.45, 2.75) is 32.1 Å². The summed E-state index contributed by atoms with van der Waals surface area (Å²) in [5, 5.41) is 7.92. The number of hydrogen-bond acceptors (Lipinski definition) is 8. The molecule has 180 valence electrons. The molecule has 6 rings (SSSR count). The van der Waals surface area contributed by atoms with Gasteiger partial charge in [-0.05, 0) is 62.6 Å². The molecular formula is C26H25N3O5S. The fourth-order valence-electron chi connectivity index (χ4n) is 4.87. The molecule has 0 bridgehead atoms. The standard InChI is InChI=1S/C26H25N3O5S/c1-15-3-6-22(35-15)19-12-18(23-16(2)29-34-25(23)28-19)24(30)27-13-26(7-9-31-10-8-26)17-4-5-20-21(11-17)33-14-32-20/h3-6,11-12H,7-10,13-14H2,1-2H3,(H,27,30). The van der Waals surface area contributed by atoms with Gasteiger partial charge in [-0.15, -0.1) is 11.3 Å². The normalized spacial score (nSPS) is 16.5. The van der Waals surface area contributed by atoms with Gasteiger partial charge in [0, 0.05) is 30.1 Å². The zero-order valence-electron chi connectivity index (χ0n) is 19.6. The van der Waals surface area contributed by atoms with Gasteiger partial charge in [0.2, 0.25) is 6.79 Å². The van der Waals surface area contributed by atoms with Gasteiger partial charge < -0.3 is 24.1 Å². The van der Waals surface area contributed by atoms with E-state index in [2.05, 4.69) is 21.5 Å². The number of carbonyl (C=O) groups is 1. The summed E-state index contributed by atoms with van der Waals surface area (Å²) >= 11 is 1.63. The van der Waals surface area contributed by atoms with E-state index in [4.69, 9.17) is 18.7 Å². The van der Waals surface area contributed by atoms with Crippen LogP contribution < -0.4 is 14.8 Å².